The smallest absolute Gasteiger partial charge is 0.306 e. The van der Waals surface area contributed by atoms with Crippen LogP contribution in [0.4, 0.5) is 10.2 Å². The minimum atomic E-state index is -4.05. The van der Waals surface area contributed by atoms with Crippen LogP contribution >= 0.6 is 0 Å². The van der Waals surface area contributed by atoms with Gasteiger partial charge in [0.15, 0.2) is 41.2 Å². The Kier molecular flexibility index (Phi) is 22.4. The van der Waals surface area contributed by atoms with Gasteiger partial charge in [-0.1, -0.05) is 127 Å². The molecule has 0 aliphatic heterocycles. The van der Waals surface area contributed by atoms with E-state index in [4.69, 9.17) is 24.7 Å². The van der Waals surface area contributed by atoms with Crippen molar-refractivity contribution in [1.82, 2.24) is 9.97 Å². The maximum absolute atomic E-state index is 13.7. The molecule has 2 aromatic heterocycles. The molecule has 0 saturated heterocycles. The van der Waals surface area contributed by atoms with Crippen molar-refractivity contribution >= 4 is 37.4 Å². The Morgan fingerprint density at radius 3 is 1.45 bits per heavy atom. The van der Waals surface area contributed by atoms with E-state index >= 15 is 0 Å². The van der Waals surface area contributed by atoms with Gasteiger partial charge in [0.1, 0.15) is 19.0 Å². The van der Waals surface area contributed by atoms with Crippen molar-refractivity contribution in [3.05, 3.63) is 102 Å². The summed E-state index contributed by atoms with van der Waals surface area (Å²) in [5.41, 5.74) is 7.42. The molecular weight excluding hydrogens is 838 g/mol. The highest BCUT2D eigenvalue weighted by Crippen LogP contribution is 2.27. The van der Waals surface area contributed by atoms with Crippen molar-refractivity contribution in [2.24, 2.45) is 11.8 Å². The molecule has 0 aliphatic rings. The molecule has 0 amide bonds. The lowest BCUT2D eigenvalue weighted by Gasteiger charge is -2.15. The molecule has 0 spiro atoms. The van der Waals surface area contributed by atoms with Gasteiger partial charge in [-0.05, 0) is 60.1 Å². The molecule has 2 aromatic carbocycles. The minimum Gasteiger partial charge on any atom is -0.486 e. The summed E-state index contributed by atoms with van der Waals surface area (Å²) in [6.07, 6.45) is 7.48. The topological polar surface area (TPSA) is 191 Å². The number of carbonyl (C=O) groups is 2. The number of aromatic nitrogens is 2. The number of hydrogen-bond acceptors (Lipinski definition) is 13. The monoisotopic (exact) mass is 899 g/mol. The fraction of sp³-hybridized carbons (Fsp3) is 0.478. The SMILES string of the molecule is CCCCC(CC)COC(=O)CCS(=O)(=O)c1nc(F)ccc1OCc1ccccc1.CCCCC(CC)COC(=O)CCS(=O)(=O)c1nc(N)ccc1OCc1ccccc1. The normalized spacial score (nSPS) is 12.3. The Balaban J connectivity index is 0.000000330. The van der Waals surface area contributed by atoms with Crippen molar-refractivity contribution < 1.29 is 49.8 Å². The Bertz CT molecular complexity index is 2020. The zero-order valence-electron chi connectivity index (χ0n) is 36.3. The fourth-order valence-corrected chi connectivity index (χ4v) is 8.57. The first-order valence-electron chi connectivity index (χ1n) is 21.2. The van der Waals surface area contributed by atoms with E-state index in [2.05, 4.69) is 30.7 Å². The van der Waals surface area contributed by atoms with Crippen molar-refractivity contribution in [2.75, 3.05) is 30.5 Å². The van der Waals surface area contributed by atoms with Crippen LogP contribution in [0.5, 0.6) is 11.5 Å². The Morgan fingerprint density at radius 2 is 1.03 bits per heavy atom. The number of pyridine rings is 2. The summed E-state index contributed by atoms with van der Waals surface area (Å²) in [6.45, 7) is 9.19. The zero-order chi connectivity index (χ0) is 45.4. The largest absolute Gasteiger partial charge is 0.486 e. The average molecular weight is 900 g/mol. The van der Waals surface area contributed by atoms with Gasteiger partial charge >= 0.3 is 11.9 Å². The van der Waals surface area contributed by atoms with Crippen molar-refractivity contribution in [2.45, 2.75) is 115 Å². The van der Waals surface area contributed by atoms with Gasteiger partial charge in [-0.25, -0.2) is 26.8 Å². The fourth-order valence-electron chi connectivity index (χ4n) is 5.97. The van der Waals surface area contributed by atoms with E-state index < -0.39 is 54.1 Å². The molecule has 4 rings (SSSR count). The molecule has 16 heteroatoms. The lowest BCUT2D eigenvalue weighted by atomic mass is 10.0. The van der Waals surface area contributed by atoms with Crippen LogP contribution in [-0.2, 0) is 52.0 Å². The zero-order valence-corrected chi connectivity index (χ0v) is 37.9. The summed E-state index contributed by atoms with van der Waals surface area (Å²) in [5, 5.41) is -0.767. The van der Waals surface area contributed by atoms with E-state index in [0.29, 0.717) is 12.5 Å². The number of sulfone groups is 2. The Morgan fingerprint density at radius 1 is 0.613 bits per heavy atom. The van der Waals surface area contributed by atoms with Gasteiger partial charge in [-0.15, -0.1) is 0 Å². The van der Waals surface area contributed by atoms with Crippen LogP contribution in [-0.4, -0.2) is 63.5 Å². The molecule has 2 atom stereocenters. The van der Waals surface area contributed by atoms with Crippen molar-refractivity contribution in [1.29, 1.82) is 0 Å². The molecule has 0 saturated carbocycles. The number of rotatable bonds is 26. The number of nitrogens with zero attached hydrogens (tertiary/aromatic N) is 2. The van der Waals surface area contributed by atoms with Gasteiger partial charge in [0, 0.05) is 0 Å². The molecule has 0 bridgehead atoms. The van der Waals surface area contributed by atoms with Gasteiger partial charge < -0.3 is 24.7 Å². The molecule has 4 aromatic rings. The van der Waals surface area contributed by atoms with Gasteiger partial charge in [-0.3, -0.25) is 9.59 Å². The van der Waals surface area contributed by atoms with Gasteiger partial charge in [0.05, 0.1) is 37.6 Å². The second-order valence-electron chi connectivity index (χ2n) is 14.9. The minimum absolute atomic E-state index is 0.0516. The lowest BCUT2D eigenvalue weighted by molar-refractivity contribution is -0.145. The number of nitrogens with two attached hydrogens (primary N) is 1. The third-order valence-electron chi connectivity index (χ3n) is 9.90. The number of hydrogen-bond donors (Lipinski definition) is 1. The van der Waals surface area contributed by atoms with E-state index in [1.807, 2.05) is 67.6 Å². The number of benzene rings is 2. The van der Waals surface area contributed by atoms with Crippen molar-refractivity contribution in [3.8, 4) is 11.5 Å². The first-order chi connectivity index (χ1) is 29.7. The molecular formula is C46H62FN3O10S2. The highest BCUT2D eigenvalue weighted by molar-refractivity contribution is 7.91. The van der Waals surface area contributed by atoms with Crippen LogP contribution in [0, 0.1) is 17.8 Å². The quantitative estimate of drug-likeness (QED) is 0.0465. The van der Waals surface area contributed by atoms with Crippen LogP contribution < -0.4 is 15.2 Å². The van der Waals surface area contributed by atoms with E-state index in [9.17, 15) is 30.8 Å². The number of esters is 2. The van der Waals surface area contributed by atoms with E-state index in [1.165, 1.54) is 18.2 Å². The van der Waals surface area contributed by atoms with Crippen LogP contribution in [0.2, 0.25) is 0 Å². The third kappa shape index (κ3) is 18.5. The number of anilines is 1. The highest BCUT2D eigenvalue weighted by Gasteiger charge is 2.26. The van der Waals surface area contributed by atoms with Crippen LogP contribution in [0.1, 0.15) is 103 Å². The molecule has 0 aliphatic carbocycles. The van der Waals surface area contributed by atoms with E-state index in [1.54, 1.807) is 0 Å². The Hall–Kier alpha value is -5.09. The highest BCUT2D eigenvalue weighted by atomic mass is 32.2. The average Bonchev–Trinajstić information content (AvgIpc) is 3.27. The van der Waals surface area contributed by atoms with Crippen LogP contribution in [0.3, 0.4) is 0 Å². The summed E-state index contributed by atoms with van der Waals surface area (Å²) in [6, 6.07) is 23.8. The summed E-state index contributed by atoms with van der Waals surface area (Å²) in [7, 11) is -7.94. The van der Waals surface area contributed by atoms with Gasteiger partial charge in [0.25, 0.3) is 0 Å². The van der Waals surface area contributed by atoms with Crippen molar-refractivity contribution in [3.63, 3.8) is 0 Å². The molecule has 2 heterocycles. The number of nitrogen functional groups attached to an aromatic ring is 1. The number of unbranched alkanes of at least 4 members (excludes halogenated alkanes) is 2. The summed E-state index contributed by atoms with van der Waals surface area (Å²) in [4.78, 5) is 31.7. The molecule has 2 N–H and O–H groups in total. The summed E-state index contributed by atoms with van der Waals surface area (Å²) >= 11 is 0. The van der Waals surface area contributed by atoms with Crippen LogP contribution in [0.15, 0.2) is 95.0 Å². The lowest BCUT2D eigenvalue weighted by Crippen LogP contribution is -2.18. The third-order valence-corrected chi connectivity index (χ3v) is 13.1. The maximum Gasteiger partial charge on any atom is 0.306 e. The summed E-state index contributed by atoms with van der Waals surface area (Å²) in [5.74, 6) is -2.33. The molecule has 2 unspecified atom stereocenters. The van der Waals surface area contributed by atoms with E-state index in [0.717, 1.165) is 68.6 Å². The number of ether oxygens (including phenoxy) is 4. The maximum atomic E-state index is 13.7. The predicted octanol–water partition coefficient (Wildman–Crippen LogP) is 8.89. The second kappa shape index (κ2) is 27.1. The number of carbonyl (C=O) groups excluding carboxylic acids is 2. The first-order valence-corrected chi connectivity index (χ1v) is 24.5. The molecule has 0 radical (unpaired) electrons. The molecule has 13 nitrogen and oxygen atoms in total. The Labute approximate surface area is 366 Å². The molecule has 340 valence electrons. The molecule has 0 fully saturated rings. The second-order valence-corrected chi connectivity index (χ2v) is 18.9. The van der Waals surface area contributed by atoms with Crippen LogP contribution in [0.25, 0.3) is 0 Å². The molecule has 62 heavy (non-hydrogen) atoms. The predicted molar refractivity (Wildman–Crippen MR) is 236 cm³/mol. The first kappa shape index (κ1) is 51.3. The standard InChI is InChI=1S/C23H30FNO5S.C23H32N2O5S/c2*1-3-5-9-18(4-2)16-30-22(26)14-15-31(27,28)23-20(12-13-21(24)25-23)29-17-19-10-7-6-8-11-19/h6-8,10-13,18H,3-5,9,14-17H2,1-2H3;6-8,10-13,18H,3-5,9,14-17H2,1-2H3,(H2,24,25). The van der Waals surface area contributed by atoms with E-state index in [-0.39, 0.29) is 60.9 Å². The summed E-state index contributed by atoms with van der Waals surface area (Å²) < 4.78 is 86.7. The number of halogens is 1. The van der Waals surface area contributed by atoms with Gasteiger partial charge in [-0.2, -0.15) is 4.39 Å². The van der Waals surface area contributed by atoms with Gasteiger partial charge in [0.2, 0.25) is 5.95 Å².